The second-order valence-corrected chi connectivity index (χ2v) is 7.82. The summed E-state index contributed by atoms with van der Waals surface area (Å²) < 4.78 is 25.9. The highest BCUT2D eigenvalue weighted by Gasteiger charge is 2.41. The van der Waals surface area contributed by atoms with Crippen LogP contribution in [0.15, 0.2) is 12.4 Å². The van der Waals surface area contributed by atoms with E-state index in [1.54, 1.807) is 10.6 Å². The molecule has 0 bridgehead atoms. The maximum Gasteiger partial charge on any atom is 0.216 e. The highest BCUT2D eigenvalue weighted by atomic mass is 32.2. The van der Waals surface area contributed by atoms with Gasteiger partial charge in [-0.15, -0.1) is 0 Å². The lowest BCUT2D eigenvalue weighted by molar-refractivity contribution is 0.329. The molecule has 1 aliphatic carbocycles. The number of piperidine rings is 1. The van der Waals surface area contributed by atoms with Crippen LogP contribution in [0.4, 0.5) is 5.82 Å². The van der Waals surface area contributed by atoms with E-state index in [0.29, 0.717) is 13.1 Å². The fourth-order valence-corrected chi connectivity index (χ4v) is 4.45. The Morgan fingerprint density at radius 2 is 1.90 bits per heavy atom. The third-order valence-corrected chi connectivity index (χ3v) is 6.31. The molecular formula is C13H20N4O2S. The summed E-state index contributed by atoms with van der Waals surface area (Å²) in [5.41, 5.74) is 0.927. The lowest BCUT2D eigenvalue weighted by Gasteiger charge is -2.31. The van der Waals surface area contributed by atoms with E-state index in [2.05, 4.69) is 15.3 Å². The minimum Gasteiger partial charge on any atom is -0.367 e. The monoisotopic (exact) mass is 296 g/mol. The summed E-state index contributed by atoms with van der Waals surface area (Å²) in [5.74, 6) is 0.820. The fraction of sp³-hybridized carbons (Fsp3) is 0.692. The van der Waals surface area contributed by atoms with Gasteiger partial charge in [0.25, 0.3) is 0 Å². The van der Waals surface area contributed by atoms with Gasteiger partial charge in [-0.05, 0) is 32.6 Å². The number of hydrogen-bond acceptors (Lipinski definition) is 5. The molecule has 2 fully saturated rings. The quantitative estimate of drug-likeness (QED) is 0.902. The second kappa shape index (κ2) is 5.29. The van der Waals surface area contributed by atoms with Crippen molar-refractivity contribution in [3.05, 3.63) is 18.1 Å². The molecule has 2 aliphatic rings. The molecule has 6 nitrogen and oxygen atoms in total. The molecular weight excluding hydrogens is 276 g/mol. The van der Waals surface area contributed by atoms with Crippen LogP contribution in [0.3, 0.4) is 0 Å². The van der Waals surface area contributed by atoms with E-state index < -0.39 is 10.0 Å². The molecule has 1 saturated carbocycles. The van der Waals surface area contributed by atoms with Crippen LogP contribution < -0.4 is 5.32 Å². The minimum absolute atomic E-state index is 0.100. The number of nitrogens with one attached hydrogen (secondary N) is 1. The molecule has 1 aliphatic heterocycles. The summed E-state index contributed by atoms with van der Waals surface area (Å²) in [6.45, 7) is 3.15. The van der Waals surface area contributed by atoms with Gasteiger partial charge in [0.05, 0.1) is 5.25 Å². The van der Waals surface area contributed by atoms with Crippen molar-refractivity contribution in [3.8, 4) is 0 Å². The molecule has 1 N–H and O–H groups in total. The summed E-state index contributed by atoms with van der Waals surface area (Å²) in [6, 6.07) is 2.20. The molecule has 1 aromatic heterocycles. The number of aromatic nitrogens is 2. The highest BCUT2D eigenvalue weighted by molar-refractivity contribution is 7.90. The van der Waals surface area contributed by atoms with Crippen LogP contribution in [0.5, 0.6) is 0 Å². The Hall–Kier alpha value is -1.21. The third kappa shape index (κ3) is 2.93. The molecule has 0 unspecified atom stereocenters. The van der Waals surface area contributed by atoms with Gasteiger partial charge in [-0.1, -0.05) is 0 Å². The van der Waals surface area contributed by atoms with Gasteiger partial charge in [0, 0.05) is 30.9 Å². The van der Waals surface area contributed by atoms with Gasteiger partial charge >= 0.3 is 0 Å². The van der Waals surface area contributed by atoms with E-state index in [-0.39, 0.29) is 11.3 Å². The second-order valence-electron chi connectivity index (χ2n) is 5.61. The van der Waals surface area contributed by atoms with Crippen molar-refractivity contribution in [2.24, 2.45) is 0 Å². The number of anilines is 1. The summed E-state index contributed by atoms with van der Waals surface area (Å²) in [5, 5.41) is 3.27. The van der Waals surface area contributed by atoms with Crippen molar-refractivity contribution in [2.75, 3.05) is 18.4 Å². The van der Waals surface area contributed by atoms with E-state index >= 15 is 0 Å². The van der Waals surface area contributed by atoms with Crippen molar-refractivity contribution in [2.45, 2.75) is 43.9 Å². The van der Waals surface area contributed by atoms with Gasteiger partial charge < -0.3 is 5.32 Å². The third-order valence-electron chi connectivity index (χ3n) is 3.92. The molecule has 0 aromatic carbocycles. The Kier molecular flexibility index (Phi) is 3.64. The molecule has 110 valence electrons. The molecule has 0 atom stereocenters. The van der Waals surface area contributed by atoms with Crippen molar-refractivity contribution in [3.63, 3.8) is 0 Å². The van der Waals surface area contributed by atoms with E-state index in [0.717, 1.165) is 37.2 Å². The zero-order valence-corrected chi connectivity index (χ0v) is 12.4. The Morgan fingerprint density at radius 1 is 1.20 bits per heavy atom. The van der Waals surface area contributed by atoms with Crippen LogP contribution in [-0.2, 0) is 10.0 Å². The molecule has 2 heterocycles. The first-order valence-corrected chi connectivity index (χ1v) is 8.60. The Bertz CT molecular complexity index is 578. The Morgan fingerprint density at radius 3 is 2.50 bits per heavy atom. The van der Waals surface area contributed by atoms with Crippen molar-refractivity contribution in [1.82, 2.24) is 14.3 Å². The zero-order valence-electron chi connectivity index (χ0n) is 11.6. The molecule has 1 aromatic rings. The SMILES string of the molecule is Cc1cc(NC2CCN(S(=O)(=O)C3CC3)CC2)ncn1. The summed E-state index contributed by atoms with van der Waals surface area (Å²) in [6.07, 6.45) is 4.87. The Balaban J connectivity index is 1.56. The smallest absolute Gasteiger partial charge is 0.216 e. The average molecular weight is 296 g/mol. The van der Waals surface area contributed by atoms with E-state index in [1.165, 1.54) is 0 Å². The highest BCUT2D eigenvalue weighted by Crippen LogP contribution is 2.32. The number of rotatable bonds is 4. The first-order chi connectivity index (χ1) is 9.55. The molecule has 0 radical (unpaired) electrons. The zero-order chi connectivity index (χ0) is 14.2. The van der Waals surface area contributed by atoms with Gasteiger partial charge in [0.15, 0.2) is 0 Å². The molecule has 0 amide bonds. The Labute approximate surface area is 119 Å². The number of nitrogens with zero attached hydrogens (tertiary/aromatic N) is 3. The van der Waals surface area contributed by atoms with Crippen LogP contribution in [0, 0.1) is 6.92 Å². The van der Waals surface area contributed by atoms with Gasteiger partial charge in [-0.2, -0.15) is 0 Å². The summed E-state index contributed by atoms with van der Waals surface area (Å²) in [4.78, 5) is 8.25. The average Bonchev–Trinajstić information content (AvgIpc) is 3.24. The van der Waals surface area contributed by atoms with Crippen LogP contribution >= 0.6 is 0 Å². The summed E-state index contributed by atoms with van der Waals surface area (Å²) >= 11 is 0. The van der Waals surface area contributed by atoms with Crippen LogP contribution in [0.25, 0.3) is 0 Å². The van der Waals surface area contributed by atoms with Crippen LogP contribution in [0.2, 0.25) is 0 Å². The first-order valence-electron chi connectivity index (χ1n) is 7.10. The normalized spacial score (nSPS) is 21.9. The first kappa shape index (κ1) is 13.8. The van der Waals surface area contributed by atoms with E-state index in [9.17, 15) is 8.42 Å². The van der Waals surface area contributed by atoms with Crippen LogP contribution in [-0.4, -0.2) is 47.1 Å². The van der Waals surface area contributed by atoms with E-state index in [4.69, 9.17) is 0 Å². The molecule has 0 spiro atoms. The molecule has 20 heavy (non-hydrogen) atoms. The maximum absolute atomic E-state index is 12.1. The number of aryl methyl sites for hydroxylation is 1. The molecule has 3 rings (SSSR count). The maximum atomic E-state index is 12.1. The van der Waals surface area contributed by atoms with Gasteiger partial charge in [0.2, 0.25) is 10.0 Å². The lowest BCUT2D eigenvalue weighted by Crippen LogP contribution is -2.43. The van der Waals surface area contributed by atoms with Gasteiger partial charge in [0.1, 0.15) is 12.1 Å². The van der Waals surface area contributed by atoms with Gasteiger partial charge in [-0.25, -0.2) is 22.7 Å². The summed E-state index contributed by atoms with van der Waals surface area (Å²) in [7, 11) is -3.01. The molecule has 1 saturated heterocycles. The standard InChI is InChI=1S/C13H20N4O2S/c1-10-8-13(15-9-14-10)16-11-4-6-17(7-5-11)20(18,19)12-2-3-12/h8-9,11-12H,2-7H2,1H3,(H,14,15,16). The van der Waals surface area contributed by atoms with Crippen molar-refractivity contribution >= 4 is 15.8 Å². The van der Waals surface area contributed by atoms with Crippen molar-refractivity contribution in [1.29, 1.82) is 0 Å². The van der Waals surface area contributed by atoms with E-state index in [1.807, 2.05) is 13.0 Å². The number of sulfonamides is 1. The minimum atomic E-state index is -3.01. The fourth-order valence-electron chi connectivity index (χ4n) is 2.57. The van der Waals surface area contributed by atoms with Crippen LogP contribution in [0.1, 0.15) is 31.4 Å². The topological polar surface area (TPSA) is 75.2 Å². The number of hydrogen-bond donors (Lipinski definition) is 1. The van der Waals surface area contributed by atoms with Gasteiger partial charge in [-0.3, -0.25) is 0 Å². The predicted molar refractivity (Wildman–Crippen MR) is 76.9 cm³/mol. The van der Waals surface area contributed by atoms with Crippen molar-refractivity contribution < 1.29 is 8.42 Å². The largest absolute Gasteiger partial charge is 0.367 e. The predicted octanol–water partition coefficient (Wildman–Crippen LogP) is 1.15. The lowest BCUT2D eigenvalue weighted by atomic mass is 10.1. The molecule has 7 heteroatoms.